The van der Waals surface area contributed by atoms with Crippen LogP contribution in [-0.4, -0.2) is 42.0 Å². The fraction of sp³-hybridized carbons (Fsp3) is 0.929. The summed E-state index contributed by atoms with van der Waals surface area (Å²) in [6, 6.07) is 0.325. The van der Waals surface area contributed by atoms with Crippen molar-refractivity contribution >= 4 is 6.03 Å². The molecular weight excluding hydrogens is 212 g/mol. The molecule has 3 aliphatic rings. The summed E-state index contributed by atoms with van der Waals surface area (Å²) in [6.45, 7) is 6.32. The standard InChI is InChI=1S/C14H24N2O/c1-11-5-7-15(8-6-11)14(17)16-9-12-3-2-4-13(12)10-16/h11-13H,2-10H2,1H3. The van der Waals surface area contributed by atoms with Crippen LogP contribution in [0.1, 0.15) is 39.0 Å². The molecular formula is C14H24N2O. The van der Waals surface area contributed by atoms with Crippen LogP contribution in [0.5, 0.6) is 0 Å². The third-order valence-corrected chi connectivity index (χ3v) is 5.05. The van der Waals surface area contributed by atoms with Gasteiger partial charge in [-0.2, -0.15) is 0 Å². The van der Waals surface area contributed by atoms with Gasteiger partial charge in [-0.3, -0.25) is 0 Å². The van der Waals surface area contributed by atoms with E-state index in [1.54, 1.807) is 0 Å². The molecule has 2 heterocycles. The summed E-state index contributed by atoms with van der Waals surface area (Å²) in [5, 5.41) is 0. The molecule has 3 heteroatoms. The van der Waals surface area contributed by atoms with Crippen LogP contribution in [-0.2, 0) is 0 Å². The first-order valence-electron chi connectivity index (χ1n) is 7.28. The van der Waals surface area contributed by atoms with Crippen LogP contribution in [0.25, 0.3) is 0 Å². The molecule has 0 N–H and O–H groups in total. The quantitative estimate of drug-likeness (QED) is 0.634. The van der Waals surface area contributed by atoms with Gasteiger partial charge in [0.25, 0.3) is 0 Å². The number of amides is 2. The van der Waals surface area contributed by atoms with Crippen molar-refractivity contribution in [2.24, 2.45) is 17.8 Å². The number of hydrogen-bond acceptors (Lipinski definition) is 1. The lowest BCUT2D eigenvalue weighted by molar-refractivity contribution is 0.140. The van der Waals surface area contributed by atoms with Gasteiger partial charge in [-0.1, -0.05) is 13.3 Å². The molecule has 0 aromatic rings. The number of carbonyl (C=O) groups excluding carboxylic acids is 1. The van der Waals surface area contributed by atoms with Crippen molar-refractivity contribution in [3.63, 3.8) is 0 Å². The van der Waals surface area contributed by atoms with Gasteiger partial charge in [0.1, 0.15) is 0 Å². The molecule has 96 valence electrons. The Morgan fingerprint density at radius 1 is 0.941 bits per heavy atom. The van der Waals surface area contributed by atoms with Crippen molar-refractivity contribution in [1.29, 1.82) is 0 Å². The van der Waals surface area contributed by atoms with Crippen molar-refractivity contribution < 1.29 is 4.79 Å². The van der Waals surface area contributed by atoms with Gasteiger partial charge in [-0.05, 0) is 43.4 Å². The van der Waals surface area contributed by atoms with Crippen LogP contribution >= 0.6 is 0 Å². The predicted octanol–water partition coefficient (Wildman–Crippen LogP) is 2.57. The topological polar surface area (TPSA) is 23.6 Å². The molecule has 2 saturated heterocycles. The zero-order chi connectivity index (χ0) is 11.8. The molecule has 2 aliphatic heterocycles. The van der Waals surface area contributed by atoms with Gasteiger partial charge < -0.3 is 9.80 Å². The minimum Gasteiger partial charge on any atom is -0.325 e. The Balaban J connectivity index is 1.56. The smallest absolute Gasteiger partial charge is 0.320 e. The molecule has 0 bridgehead atoms. The molecule has 17 heavy (non-hydrogen) atoms. The molecule has 2 unspecified atom stereocenters. The summed E-state index contributed by atoms with van der Waals surface area (Å²) in [7, 11) is 0. The van der Waals surface area contributed by atoms with Gasteiger partial charge in [0.05, 0.1) is 0 Å². The highest BCUT2D eigenvalue weighted by molar-refractivity contribution is 5.75. The first kappa shape index (κ1) is 11.4. The Morgan fingerprint density at radius 3 is 2.12 bits per heavy atom. The highest BCUT2D eigenvalue weighted by atomic mass is 16.2. The van der Waals surface area contributed by atoms with E-state index in [9.17, 15) is 4.79 Å². The Morgan fingerprint density at radius 2 is 1.53 bits per heavy atom. The zero-order valence-corrected chi connectivity index (χ0v) is 10.9. The third kappa shape index (κ3) is 2.16. The molecule has 3 rings (SSSR count). The number of piperidine rings is 1. The monoisotopic (exact) mass is 236 g/mol. The average molecular weight is 236 g/mol. The maximum Gasteiger partial charge on any atom is 0.320 e. The van der Waals surface area contributed by atoms with Crippen molar-refractivity contribution in [2.75, 3.05) is 26.2 Å². The summed E-state index contributed by atoms with van der Waals surface area (Å²) in [6.07, 6.45) is 6.47. The molecule has 2 atom stereocenters. The van der Waals surface area contributed by atoms with Gasteiger partial charge in [-0.15, -0.1) is 0 Å². The maximum atomic E-state index is 12.4. The van der Waals surface area contributed by atoms with Gasteiger partial charge in [-0.25, -0.2) is 4.79 Å². The lowest BCUT2D eigenvalue weighted by Gasteiger charge is -2.33. The van der Waals surface area contributed by atoms with E-state index < -0.39 is 0 Å². The van der Waals surface area contributed by atoms with Gasteiger partial charge in [0.2, 0.25) is 0 Å². The molecule has 0 radical (unpaired) electrons. The van der Waals surface area contributed by atoms with E-state index in [-0.39, 0.29) is 0 Å². The Kier molecular flexibility index (Phi) is 3.01. The first-order chi connectivity index (χ1) is 8.24. The lowest BCUT2D eigenvalue weighted by Crippen LogP contribution is -2.45. The second kappa shape index (κ2) is 4.51. The number of nitrogens with zero attached hydrogens (tertiary/aromatic N) is 2. The molecule has 1 aliphatic carbocycles. The fourth-order valence-corrected chi connectivity index (χ4v) is 3.79. The van der Waals surface area contributed by atoms with Crippen LogP contribution < -0.4 is 0 Å². The summed E-state index contributed by atoms with van der Waals surface area (Å²) in [5.41, 5.74) is 0. The van der Waals surface area contributed by atoms with Crippen LogP contribution in [0, 0.1) is 17.8 Å². The summed E-state index contributed by atoms with van der Waals surface area (Å²) in [4.78, 5) is 16.6. The van der Waals surface area contributed by atoms with Crippen LogP contribution in [0.15, 0.2) is 0 Å². The highest BCUT2D eigenvalue weighted by Crippen LogP contribution is 2.38. The molecule has 3 fully saturated rings. The molecule has 2 amide bonds. The number of urea groups is 1. The molecule has 0 aromatic carbocycles. The SMILES string of the molecule is CC1CCN(C(=O)N2CC3CCCC3C2)CC1. The molecule has 0 aromatic heterocycles. The summed E-state index contributed by atoms with van der Waals surface area (Å²) < 4.78 is 0. The Hall–Kier alpha value is -0.730. The minimum atomic E-state index is 0.325. The van der Waals surface area contributed by atoms with E-state index in [0.717, 1.165) is 43.9 Å². The predicted molar refractivity (Wildman–Crippen MR) is 67.8 cm³/mol. The number of fused-ring (bicyclic) bond motifs is 1. The van der Waals surface area contributed by atoms with Crippen molar-refractivity contribution in [3.05, 3.63) is 0 Å². The van der Waals surface area contributed by atoms with Crippen LogP contribution in [0.2, 0.25) is 0 Å². The average Bonchev–Trinajstić information content (AvgIpc) is 2.89. The van der Waals surface area contributed by atoms with Crippen LogP contribution in [0.4, 0.5) is 4.79 Å². The fourth-order valence-electron chi connectivity index (χ4n) is 3.79. The third-order valence-electron chi connectivity index (χ3n) is 5.05. The molecule has 0 spiro atoms. The Labute approximate surface area is 104 Å². The highest BCUT2D eigenvalue weighted by Gasteiger charge is 2.39. The molecule has 1 saturated carbocycles. The number of rotatable bonds is 0. The number of carbonyl (C=O) groups is 1. The van der Waals surface area contributed by atoms with Gasteiger partial charge in [0.15, 0.2) is 0 Å². The van der Waals surface area contributed by atoms with Gasteiger partial charge >= 0.3 is 6.03 Å². The summed E-state index contributed by atoms with van der Waals surface area (Å²) in [5.74, 6) is 2.45. The van der Waals surface area contributed by atoms with E-state index in [1.165, 1.54) is 32.1 Å². The van der Waals surface area contributed by atoms with E-state index in [2.05, 4.69) is 16.7 Å². The van der Waals surface area contributed by atoms with Crippen molar-refractivity contribution in [2.45, 2.75) is 39.0 Å². The number of hydrogen-bond donors (Lipinski definition) is 0. The van der Waals surface area contributed by atoms with Crippen molar-refractivity contribution in [3.8, 4) is 0 Å². The molecule has 3 nitrogen and oxygen atoms in total. The maximum absolute atomic E-state index is 12.4. The van der Waals surface area contributed by atoms with E-state index in [1.807, 2.05) is 0 Å². The largest absolute Gasteiger partial charge is 0.325 e. The van der Waals surface area contributed by atoms with Gasteiger partial charge in [0, 0.05) is 26.2 Å². The first-order valence-corrected chi connectivity index (χ1v) is 7.28. The lowest BCUT2D eigenvalue weighted by atomic mass is 10.00. The minimum absolute atomic E-state index is 0.325. The Bertz CT molecular complexity index is 285. The van der Waals surface area contributed by atoms with E-state index >= 15 is 0 Å². The second-order valence-electron chi connectivity index (χ2n) is 6.31. The van der Waals surface area contributed by atoms with E-state index in [4.69, 9.17) is 0 Å². The van der Waals surface area contributed by atoms with Crippen molar-refractivity contribution in [1.82, 2.24) is 9.80 Å². The summed E-state index contributed by atoms with van der Waals surface area (Å²) >= 11 is 0. The van der Waals surface area contributed by atoms with E-state index in [0.29, 0.717) is 6.03 Å². The number of likely N-dealkylation sites (tertiary alicyclic amines) is 2. The zero-order valence-electron chi connectivity index (χ0n) is 10.9. The normalized spacial score (nSPS) is 34.2. The van der Waals surface area contributed by atoms with Crippen LogP contribution in [0.3, 0.4) is 0 Å². The second-order valence-corrected chi connectivity index (χ2v) is 6.31.